The summed E-state index contributed by atoms with van der Waals surface area (Å²) >= 11 is 2.17. The number of aliphatic hydroxyl groups is 1. The molecule has 0 spiro atoms. The van der Waals surface area contributed by atoms with Crippen molar-refractivity contribution in [3.05, 3.63) is 56.7 Å². The highest BCUT2D eigenvalue weighted by Gasteiger charge is 2.17. The lowest BCUT2D eigenvalue weighted by Gasteiger charge is -2.15. The van der Waals surface area contributed by atoms with Gasteiger partial charge >= 0.3 is 0 Å². The molecule has 140 valence electrons. The molecule has 0 aliphatic rings. The van der Waals surface area contributed by atoms with Crippen molar-refractivity contribution >= 4 is 39.9 Å². The van der Waals surface area contributed by atoms with E-state index in [4.69, 9.17) is 4.84 Å². The van der Waals surface area contributed by atoms with Crippen molar-refractivity contribution < 1.29 is 23.5 Å². The van der Waals surface area contributed by atoms with Gasteiger partial charge in [0.2, 0.25) is 0 Å². The summed E-state index contributed by atoms with van der Waals surface area (Å²) in [5.74, 6) is -2.97. The molecule has 8 heteroatoms. The summed E-state index contributed by atoms with van der Waals surface area (Å²) in [6.45, 7) is 3.51. The highest BCUT2D eigenvalue weighted by Crippen LogP contribution is 2.27. The molecule has 0 radical (unpaired) electrons. The van der Waals surface area contributed by atoms with Crippen LogP contribution in [0.3, 0.4) is 0 Å². The average molecular weight is 476 g/mol. The van der Waals surface area contributed by atoms with Crippen LogP contribution in [0, 0.1) is 22.1 Å². The molecular formula is C18H19F2IN2O3. The van der Waals surface area contributed by atoms with Gasteiger partial charge in [-0.1, -0.05) is 6.92 Å². The number of nitrogens with one attached hydrogen (secondary N) is 2. The van der Waals surface area contributed by atoms with Gasteiger partial charge in [0, 0.05) is 15.3 Å². The van der Waals surface area contributed by atoms with Crippen LogP contribution in [0.5, 0.6) is 0 Å². The molecule has 26 heavy (non-hydrogen) atoms. The third-order valence-corrected chi connectivity index (χ3v) is 4.35. The van der Waals surface area contributed by atoms with Crippen LogP contribution < -0.4 is 10.8 Å². The molecule has 2 aromatic rings. The van der Waals surface area contributed by atoms with Gasteiger partial charge in [0.05, 0.1) is 17.4 Å². The van der Waals surface area contributed by atoms with Crippen LogP contribution in [0.1, 0.15) is 29.3 Å². The molecule has 3 N–H and O–H groups in total. The normalized spacial score (nSPS) is 11.9. The number of hydrogen-bond donors (Lipinski definition) is 3. The summed E-state index contributed by atoms with van der Waals surface area (Å²) in [4.78, 5) is 17.2. The Hall–Kier alpha value is -1.78. The number of benzene rings is 2. The van der Waals surface area contributed by atoms with Crippen molar-refractivity contribution in [1.29, 1.82) is 0 Å². The van der Waals surface area contributed by atoms with Crippen molar-refractivity contribution in [2.24, 2.45) is 0 Å². The Morgan fingerprint density at radius 1 is 1.23 bits per heavy atom. The van der Waals surface area contributed by atoms with E-state index in [1.54, 1.807) is 13.0 Å². The summed E-state index contributed by atoms with van der Waals surface area (Å²) in [5, 5.41) is 12.4. The summed E-state index contributed by atoms with van der Waals surface area (Å²) in [6.07, 6.45) is -0.271. The molecule has 0 saturated heterocycles. The van der Waals surface area contributed by atoms with E-state index in [-0.39, 0.29) is 17.9 Å². The van der Waals surface area contributed by atoms with Crippen molar-refractivity contribution in [2.45, 2.75) is 26.4 Å². The maximum absolute atomic E-state index is 13.7. The van der Waals surface area contributed by atoms with Crippen LogP contribution in [-0.4, -0.2) is 23.7 Å². The zero-order valence-electron chi connectivity index (χ0n) is 14.3. The average Bonchev–Trinajstić information content (AvgIpc) is 2.59. The molecule has 0 aliphatic heterocycles. The van der Waals surface area contributed by atoms with E-state index < -0.39 is 23.6 Å². The van der Waals surface area contributed by atoms with E-state index >= 15 is 0 Å². The van der Waals surface area contributed by atoms with Gasteiger partial charge in [-0.2, -0.15) is 0 Å². The highest BCUT2D eigenvalue weighted by atomic mass is 127. The van der Waals surface area contributed by atoms with Crippen LogP contribution in [0.4, 0.5) is 20.2 Å². The Labute approximate surface area is 163 Å². The summed E-state index contributed by atoms with van der Waals surface area (Å²) in [6, 6.07) is 7.27. The third kappa shape index (κ3) is 5.36. The summed E-state index contributed by atoms with van der Waals surface area (Å²) < 4.78 is 28.3. The molecule has 0 aliphatic carbocycles. The molecule has 1 amide bonds. The molecule has 1 unspecified atom stereocenters. The van der Waals surface area contributed by atoms with Gasteiger partial charge in [-0.15, -0.1) is 0 Å². The number of rotatable bonds is 7. The quantitative estimate of drug-likeness (QED) is 0.417. The van der Waals surface area contributed by atoms with Gasteiger partial charge in [0.15, 0.2) is 11.6 Å². The second-order valence-corrected chi connectivity index (χ2v) is 6.95. The zero-order valence-corrected chi connectivity index (χ0v) is 16.4. The standard InChI is InChI=1S/C18H19F2IN2O3/c1-3-12(24)9-26-23-18(25)13-7-14(19)15(20)8-17(13)22-16-5-4-11(21)6-10(16)2/h4-8,12,22,24H,3,9H2,1-2H3,(H,23,25). The van der Waals surface area contributed by atoms with Gasteiger partial charge in [-0.05, 0) is 65.8 Å². The van der Waals surface area contributed by atoms with Gasteiger partial charge in [0.1, 0.15) is 6.61 Å². The third-order valence-electron chi connectivity index (χ3n) is 3.67. The fourth-order valence-electron chi connectivity index (χ4n) is 2.13. The van der Waals surface area contributed by atoms with Crippen molar-refractivity contribution in [1.82, 2.24) is 5.48 Å². The Balaban J connectivity index is 2.25. The minimum absolute atomic E-state index is 0.102. The number of hydrogen-bond acceptors (Lipinski definition) is 4. The Kier molecular flexibility index (Phi) is 7.30. The van der Waals surface area contributed by atoms with Gasteiger partial charge in [-0.25, -0.2) is 14.3 Å². The van der Waals surface area contributed by atoms with Crippen molar-refractivity contribution in [3.63, 3.8) is 0 Å². The molecule has 2 rings (SSSR count). The van der Waals surface area contributed by atoms with Crippen LogP contribution in [0.25, 0.3) is 0 Å². The van der Waals surface area contributed by atoms with Crippen molar-refractivity contribution in [2.75, 3.05) is 11.9 Å². The number of anilines is 2. The number of amides is 1. The van der Waals surface area contributed by atoms with Gasteiger partial charge in [0.25, 0.3) is 5.91 Å². The molecule has 0 aromatic heterocycles. The van der Waals surface area contributed by atoms with Gasteiger partial charge in [-0.3, -0.25) is 9.63 Å². The Bertz CT molecular complexity index is 802. The molecule has 0 fully saturated rings. The monoisotopic (exact) mass is 476 g/mol. The highest BCUT2D eigenvalue weighted by molar-refractivity contribution is 14.1. The predicted molar refractivity (Wildman–Crippen MR) is 103 cm³/mol. The van der Waals surface area contributed by atoms with E-state index in [2.05, 4.69) is 33.4 Å². The van der Waals surface area contributed by atoms with E-state index in [9.17, 15) is 18.7 Å². The lowest BCUT2D eigenvalue weighted by Crippen LogP contribution is -2.28. The molecule has 1 atom stereocenters. The lowest BCUT2D eigenvalue weighted by atomic mass is 10.1. The number of hydroxylamine groups is 1. The summed E-state index contributed by atoms with van der Waals surface area (Å²) in [5.41, 5.74) is 3.66. The first-order valence-corrected chi connectivity index (χ1v) is 9.02. The second kappa shape index (κ2) is 9.24. The first-order valence-electron chi connectivity index (χ1n) is 7.94. The van der Waals surface area contributed by atoms with Crippen LogP contribution in [-0.2, 0) is 4.84 Å². The molecular weight excluding hydrogens is 457 g/mol. The Morgan fingerprint density at radius 3 is 2.58 bits per heavy atom. The first kappa shape index (κ1) is 20.5. The maximum atomic E-state index is 13.7. The predicted octanol–water partition coefficient (Wildman–Crippen LogP) is 4.05. The van der Waals surface area contributed by atoms with E-state index in [1.807, 2.05) is 19.1 Å². The SMILES string of the molecule is CCC(O)CONC(=O)c1cc(F)c(F)cc1Nc1ccc(I)cc1C. The number of carbonyl (C=O) groups is 1. The Morgan fingerprint density at radius 2 is 1.92 bits per heavy atom. The smallest absolute Gasteiger partial charge is 0.277 e. The number of aryl methyl sites for hydroxylation is 1. The fourth-order valence-corrected chi connectivity index (χ4v) is 2.77. The molecule has 0 heterocycles. The largest absolute Gasteiger partial charge is 0.391 e. The summed E-state index contributed by atoms with van der Waals surface area (Å²) in [7, 11) is 0. The van der Waals surface area contributed by atoms with Gasteiger partial charge < -0.3 is 10.4 Å². The molecule has 5 nitrogen and oxygen atoms in total. The van der Waals surface area contributed by atoms with Crippen molar-refractivity contribution in [3.8, 4) is 0 Å². The van der Waals surface area contributed by atoms with E-state index in [0.717, 1.165) is 21.3 Å². The first-order chi connectivity index (χ1) is 12.3. The molecule has 0 bridgehead atoms. The molecule has 0 saturated carbocycles. The second-order valence-electron chi connectivity index (χ2n) is 5.70. The number of carbonyl (C=O) groups excluding carboxylic acids is 1. The number of halogens is 3. The van der Waals surface area contributed by atoms with Crippen LogP contribution >= 0.6 is 22.6 Å². The van der Waals surface area contributed by atoms with E-state index in [1.165, 1.54) is 0 Å². The topological polar surface area (TPSA) is 70.6 Å². The zero-order chi connectivity index (χ0) is 19.3. The fraction of sp³-hybridized carbons (Fsp3) is 0.278. The minimum atomic E-state index is -1.14. The lowest BCUT2D eigenvalue weighted by molar-refractivity contribution is -0.0133. The van der Waals surface area contributed by atoms with Crippen LogP contribution in [0.2, 0.25) is 0 Å². The maximum Gasteiger partial charge on any atom is 0.277 e. The van der Waals surface area contributed by atoms with Crippen LogP contribution in [0.15, 0.2) is 30.3 Å². The minimum Gasteiger partial charge on any atom is -0.391 e. The van der Waals surface area contributed by atoms with E-state index in [0.29, 0.717) is 12.1 Å². The molecule has 2 aromatic carbocycles. The number of aliphatic hydroxyl groups excluding tert-OH is 1.